The van der Waals surface area contributed by atoms with E-state index in [0.717, 1.165) is 35.4 Å². The molecule has 0 saturated carbocycles. The van der Waals surface area contributed by atoms with E-state index in [1.807, 2.05) is 6.07 Å². The average molecular weight is 378 g/mol. The van der Waals surface area contributed by atoms with Gasteiger partial charge in [-0.25, -0.2) is 4.98 Å². The van der Waals surface area contributed by atoms with Crippen molar-refractivity contribution < 1.29 is 0 Å². The number of fused-ring (bicyclic) bond motifs is 2. The van der Waals surface area contributed by atoms with Crippen LogP contribution in [0.4, 0.5) is 11.5 Å². The SMILES string of the molecule is Clc1nc(N2CCCc3ccccc32)c2c(-c3ccccc3)csc2n1. The summed E-state index contributed by atoms with van der Waals surface area (Å²) in [6, 6.07) is 19.0. The largest absolute Gasteiger partial charge is 0.325 e. The summed E-state index contributed by atoms with van der Waals surface area (Å²) in [6.07, 6.45) is 2.20. The fourth-order valence-corrected chi connectivity index (χ4v) is 4.83. The topological polar surface area (TPSA) is 29.0 Å². The third-order valence-corrected chi connectivity index (χ3v) is 5.88. The molecule has 3 nitrogen and oxygen atoms in total. The lowest BCUT2D eigenvalue weighted by atomic mass is 10.0. The van der Waals surface area contributed by atoms with Gasteiger partial charge in [0, 0.05) is 23.2 Å². The van der Waals surface area contributed by atoms with Crippen molar-refractivity contribution in [2.45, 2.75) is 12.8 Å². The maximum Gasteiger partial charge on any atom is 0.225 e. The quantitative estimate of drug-likeness (QED) is 0.395. The first-order chi connectivity index (χ1) is 12.8. The molecule has 0 spiro atoms. The fraction of sp³-hybridized carbons (Fsp3) is 0.143. The Morgan fingerprint density at radius 1 is 0.962 bits per heavy atom. The van der Waals surface area contributed by atoms with E-state index < -0.39 is 0 Å². The highest BCUT2D eigenvalue weighted by Gasteiger charge is 2.24. The minimum absolute atomic E-state index is 0.303. The highest BCUT2D eigenvalue weighted by molar-refractivity contribution is 7.17. The molecule has 2 aromatic heterocycles. The molecule has 0 atom stereocenters. The Labute approximate surface area is 160 Å². The number of rotatable bonds is 2. The van der Waals surface area contributed by atoms with Gasteiger partial charge in [0.15, 0.2) is 0 Å². The molecule has 2 aromatic carbocycles. The molecule has 0 N–H and O–H groups in total. The number of hydrogen-bond donors (Lipinski definition) is 0. The van der Waals surface area contributed by atoms with Crippen molar-refractivity contribution in [3.8, 4) is 11.1 Å². The lowest BCUT2D eigenvalue weighted by Gasteiger charge is -2.31. The molecule has 5 rings (SSSR count). The first kappa shape index (κ1) is 15.8. The standard InChI is InChI=1S/C21H16ClN3S/c22-21-23-19(25-12-6-10-15-9-4-5-11-17(15)25)18-16(13-26-20(18)24-21)14-7-2-1-3-8-14/h1-5,7-9,11,13H,6,10,12H2. The molecule has 0 aliphatic carbocycles. The third kappa shape index (κ3) is 2.57. The van der Waals surface area contributed by atoms with Crippen LogP contribution in [0.1, 0.15) is 12.0 Å². The molecule has 0 saturated heterocycles. The first-order valence-electron chi connectivity index (χ1n) is 8.67. The summed E-state index contributed by atoms with van der Waals surface area (Å²) in [7, 11) is 0. The van der Waals surface area contributed by atoms with Gasteiger partial charge in [0.1, 0.15) is 10.6 Å². The molecule has 0 unspecified atom stereocenters. The number of halogens is 1. The summed E-state index contributed by atoms with van der Waals surface area (Å²) in [5, 5.41) is 3.55. The van der Waals surface area contributed by atoms with Gasteiger partial charge in [-0.3, -0.25) is 0 Å². The van der Waals surface area contributed by atoms with Crippen LogP contribution in [0.5, 0.6) is 0 Å². The maximum absolute atomic E-state index is 6.28. The van der Waals surface area contributed by atoms with E-state index in [2.05, 4.69) is 68.8 Å². The smallest absolute Gasteiger partial charge is 0.225 e. The van der Waals surface area contributed by atoms with E-state index in [1.165, 1.54) is 22.4 Å². The van der Waals surface area contributed by atoms with Crippen LogP contribution < -0.4 is 4.90 Å². The molecular weight excluding hydrogens is 362 g/mol. The summed E-state index contributed by atoms with van der Waals surface area (Å²) in [5.74, 6) is 0.909. The zero-order chi connectivity index (χ0) is 17.5. The zero-order valence-electron chi connectivity index (χ0n) is 14.0. The lowest BCUT2D eigenvalue weighted by Crippen LogP contribution is -2.25. The van der Waals surface area contributed by atoms with Crippen molar-refractivity contribution >= 4 is 44.7 Å². The number of nitrogens with zero attached hydrogens (tertiary/aromatic N) is 3. The van der Waals surface area contributed by atoms with Crippen molar-refractivity contribution in [3.05, 3.63) is 70.8 Å². The Hall–Kier alpha value is -2.43. The summed E-state index contributed by atoms with van der Waals surface area (Å²) in [5.41, 5.74) is 4.93. The monoisotopic (exact) mass is 377 g/mol. The van der Waals surface area contributed by atoms with Crippen molar-refractivity contribution in [2.75, 3.05) is 11.4 Å². The number of aromatic nitrogens is 2. The first-order valence-corrected chi connectivity index (χ1v) is 9.92. The molecule has 128 valence electrons. The van der Waals surface area contributed by atoms with Gasteiger partial charge in [-0.2, -0.15) is 4.98 Å². The number of benzene rings is 2. The Balaban J connectivity index is 1.77. The Bertz CT molecular complexity index is 1090. The predicted molar refractivity (Wildman–Crippen MR) is 110 cm³/mol. The molecule has 0 radical (unpaired) electrons. The van der Waals surface area contributed by atoms with Crippen LogP contribution in [0.2, 0.25) is 5.28 Å². The molecule has 0 bridgehead atoms. The van der Waals surface area contributed by atoms with Gasteiger partial charge in [-0.15, -0.1) is 11.3 Å². The number of hydrogen-bond acceptors (Lipinski definition) is 4. The van der Waals surface area contributed by atoms with Gasteiger partial charge in [0.25, 0.3) is 0 Å². The van der Waals surface area contributed by atoms with Gasteiger partial charge in [0.05, 0.1) is 5.39 Å². The number of aryl methyl sites for hydroxylation is 1. The summed E-state index contributed by atoms with van der Waals surface area (Å²) in [4.78, 5) is 12.4. The van der Waals surface area contributed by atoms with E-state index in [1.54, 1.807) is 11.3 Å². The predicted octanol–water partition coefficient (Wildman–Crippen LogP) is 6.10. The number of thiophene rings is 1. The highest BCUT2D eigenvalue weighted by Crippen LogP contribution is 2.42. The molecule has 3 heterocycles. The fourth-order valence-electron chi connectivity index (χ4n) is 3.68. The molecule has 4 aromatic rings. The zero-order valence-corrected chi connectivity index (χ0v) is 15.6. The molecule has 5 heteroatoms. The molecule has 26 heavy (non-hydrogen) atoms. The van der Waals surface area contributed by atoms with Crippen LogP contribution in [0.3, 0.4) is 0 Å². The normalized spacial score (nSPS) is 13.8. The third-order valence-electron chi connectivity index (χ3n) is 4.84. The molecule has 1 aliphatic heterocycles. The minimum Gasteiger partial charge on any atom is -0.325 e. The van der Waals surface area contributed by atoms with Crippen LogP contribution >= 0.6 is 22.9 Å². The van der Waals surface area contributed by atoms with Crippen molar-refractivity contribution in [1.82, 2.24) is 9.97 Å². The molecular formula is C21H16ClN3S. The van der Waals surface area contributed by atoms with Crippen molar-refractivity contribution in [3.63, 3.8) is 0 Å². The van der Waals surface area contributed by atoms with Crippen LogP contribution in [-0.2, 0) is 6.42 Å². The summed E-state index contributed by atoms with van der Waals surface area (Å²) < 4.78 is 0. The van der Waals surface area contributed by atoms with E-state index in [4.69, 9.17) is 11.6 Å². The van der Waals surface area contributed by atoms with Crippen LogP contribution in [0.25, 0.3) is 21.3 Å². The molecule has 0 amide bonds. The Morgan fingerprint density at radius 2 is 1.77 bits per heavy atom. The van der Waals surface area contributed by atoms with E-state index in [-0.39, 0.29) is 0 Å². The van der Waals surface area contributed by atoms with E-state index in [9.17, 15) is 0 Å². The second-order valence-electron chi connectivity index (χ2n) is 6.40. The van der Waals surface area contributed by atoms with E-state index >= 15 is 0 Å². The van der Waals surface area contributed by atoms with E-state index in [0.29, 0.717) is 5.28 Å². The Morgan fingerprint density at radius 3 is 2.65 bits per heavy atom. The van der Waals surface area contributed by atoms with Crippen molar-refractivity contribution in [1.29, 1.82) is 0 Å². The number of para-hydroxylation sites is 1. The second kappa shape index (κ2) is 6.38. The molecule has 0 fully saturated rings. The van der Waals surface area contributed by atoms with Crippen LogP contribution in [0, 0.1) is 0 Å². The van der Waals surface area contributed by atoms with Gasteiger partial charge in [-0.05, 0) is 41.6 Å². The highest BCUT2D eigenvalue weighted by atomic mass is 35.5. The maximum atomic E-state index is 6.28. The van der Waals surface area contributed by atoms with Gasteiger partial charge in [0.2, 0.25) is 5.28 Å². The van der Waals surface area contributed by atoms with Crippen LogP contribution in [0.15, 0.2) is 60.0 Å². The number of anilines is 2. The minimum atomic E-state index is 0.303. The lowest BCUT2D eigenvalue weighted by molar-refractivity contribution is 0.761. The van der Waals surface area contributed by atoms with Crippen molar-refractivity contribution in [2.24, 2.45) is 0 Å². The van der Waals surface area contributed by atoms with Crippen LogP contribution in [-0.4, -0.2) is 16.5 Å². The second-order valence-corrected chi connectivity index (χ2v) is 7.59. The van der Waals surface area contributed by atoms with Gasteiger partial charge < -0.3 is 4.90 Å². The average Bonchev–Trinajstić information content (AvgIpc) is 3.11. The van der Waals surface area contributed by atoms with Gasteiger partial charge >= 0.3 is 0 Å². The molecule has 1 aliphatic rings. The summed E-state index contributed by atoms with van der Waals surface area (Å²) in [6.45, 7) is 0.934. The van der Waals surface area contributed by atoms with Gasteiger partial charge in [-0.1, -0.05) is 48.5 Å². The Kier molecular flexibility index (Phi) is 3.88. The summed E-state index contributed by atoms with van der Waals surface area (Å²) >= 11 is 7.90.